The van der Waals surface area contributed by atoms with Crippen molar-refractivity contribution in [3.63, 3.8) is 0 Å². The zero-order chi connectivity index (χ0) is 25.5. The van der Waals surface area contributed by atoms with Crippen molar-refractivity contribution >= 4 is 10.8 Å². The Bertz CT molecular complexity index is 1150. The van der Waals surface area contributed by atoms with Gasteiger partial charge in [0, 0.05) is 16.5 Å². The smallest absolute Gasteiger partial charge is 0.123 e. The highest BCUT2D eigenvalue weighted by atomic mass is 16.5. The number of hydrogen-bond donors (Lipinski definition) is 2. The fourth-order valence-corrected chi connectivity index (χ4v) is 11.7. The van der Waals surface area contributed by atoms with E-state index in [-0.39, 0.29) is 24.0 Å². The molecule has 2 aromatic carbocycles. The van der Waals surface area contributed by atoms with Crippen molar-refractivity contribution in [3.8, 4) is 11.5 Å². The van der Waals surface area contributed by atoms with Gasteiger partial charge in [0.15, 0.2) is 0 Å². The van der Waals surface area contributed by atoms with E-state index >= 15 is 0 Å². The minimum Gasteiger partial charge on any atom is -0.491 e. The van der Waals surface area contributed by atoms with Gasteiger partial charge in [0.2, 0.25) is 0 Å². The van der Waals surface area contributed by atoms with E-state index in [1.165, 1.54) is 98.9 Å². The minimum absolute atomic E-state index is 0.0464. The van der Waals surface area contributed by atoms with E-state index in [4.69, 9.17) is 9.47 Å². The largest absolute Gasteiger partial charge is 0.491 e. The number of hydrogen-bond acceptors (Lipinski definition) is 4. The average molecular weight is 517 g/mol. The normalized spacial score (nSPS) is 40.3. The lowest BCUT2D eigenvalue weighted by molar-refractivity contribution is -0.00704. The third-order valence-corrected chi connectivity index (χ3v) is 12.0. The van der Waals surface area contributed by atoms with Crippen LogP contribution in [0.2, 0.25) is 0 Å². The molecule has 0 spiro atoms. The molecule has 2 N–H and O–H groups in total. The first-order valence-corrected chi connectivity index (χ1v) is 15.7. The number of aliphatic hydroxyl groups is 2. The van der Waals surface area contributed by atoms with Crippen LogP contribution in [0.4, 0.5) is 0 Å². The topological polar surface area (TPSA) is 58.9 Å². The van der Waals surface area contributed by atoms with Gasteiger partial charge in [0.1, 0.15) is 24.7 Å². The first kappa shape index (κ1) is 24.1. The summed E-state index contributed by atoms with van der Waals surface area (Å²) >= 11 is 0. The summed E-state index contributed by atoms with van der Waals surface area (Å²) in [5, 5.41) is 21.9. The Hall–Kier alpha value is -1.78. The van der Waals surface area contributed by atoms with Crippen LogP contribution in [0.3, 0.4) is 0 Å². The third-order valence-electron chi connectivity index (χ3n) is 12.0. The van der Waals surface area contributed by atoms with Gasteiger partial charge in [-0.2, -0.15) is 0 Å². The second-order valence-electron chi connectivity index (χ2n) is 14.5. The number of aliphatic hydroxyl groups excluding tert-OH is 2. The molecule has 4 heteroatoms. The molecule has 4 nitrogen and oxygen atoms in total. The summed E-state index contributed by atoms with van der Waals surface area (Å²) in [4.78, 5) is 0. The van der Waals surface area contributed by atoms with Crippen molar-refractivity contribution in [1.29, 1.82) is 0 Å². The lowest BCUT2D eigenvalue weighted by Crippen LogP contribution is -2.49. The summed E-state index contributed by atoms with van der Waals surface area (Å²) in [5.41, 5.74) is 3.28. The lowest BCUT2D eigenvalue weighted by Gasteiger charge is -2.58. The molecule has 0 aliphatic heterocycles. The molecule has 0 heterocycles. The molecule has 8 fully saturated rings. The second-order valence-corrected chi connectivity index (χ2v) is 14.5. The van der Waals surface area contributed by atoms with Gasteiger partial charge in [-0.3, -0.25) is 0 Å². The van der Waals surface area contributed by atoms with Gasteiger partial charge in [0.25, 0.3) is 0 Å². The molecular formula is C34H44O4. The van der Waals surface area contributed by atoms with Crippen LogP contribution in [0.15, 0.2) is 24.3 Å². The Morgan fingerprint density at radius 2 is 1.08 bits per heavy atom. The Morgan fingerprint density at radius 1 is 0.605 bits per heavy atom. The van der Waals surface area contributed by atoms with Gasteiger partial charge < -0.3 is 19.7 Å². The Labute approximate surface area is 227 Å². The maximum absolute atomic E-state index is 9.66. The van der Waals surface area contributed by atoms with E-state index in [2.05, 4.69) is 24.3 Å². The molecule has 8 saturated carbocycles. The minimum atomic E-state index is 0.0464. The van der Waals surface area contributed by atoms with Crippen LogP contribution in [-0.2, 0) is 10.8 Å². The van der Waals surface area contributed by atoms with Gasteiger partial charge in [0.05, 0.1) is 13.2 Å². The lowest BCUT2D eigenvalue weighted by atomic mass is 9.47. The van der Waals surface area contributed by atoms with Crippen LogP contribution in [0, 0.1) is 35.5 Å². The maximum Gasteiger partial charge on any atom is 0.123 e. The highest BCUT2D eigenvalue weighted by Crippen LogP contribution is 2.65. The van der Waals surface area contributed by atoms with E-state index in [1.54, 1.807) is 0 Å². The van der Waals surface area contributed by atoms with E-state index in [0.29, 0.717) is 13.2 Å². The van der Waals surface area contributed by atoms with Gasteiger partial charge in [-0.25, -0.2) is 0 Å². The molecule has 0 unspecified atom stereocenters. The number of benzene rings is 2. The van der Waals surface area contributed by atoms with Crippen LogP contribution >= 0.6 is 0 Å². The van der Waals surface area contributed by atoms with E-state index < -0.39 is 0 Å². The molecule has 0 saturated heterocycles. The Morgan fingerprint density at radius 3 is 1.58 bits per heavy atom. The van der Waals surface area contributed by atoms with Crippen LogP contribution in [0.5, 0.6) is 11.5 Å². The van der Waals surface area contributed by atoms with Crippen LogP contribution in [0.1, 0.15) is 88.2 Å². The summed E-state index contributed by atoms with van der Waals surface area (Å²) in [7, 11) is 0. The van der Waals surface area contributed by atoms with Crippen molar-refractivity contribution in [2.75, 3.05) is 26.4 Å². The van der Waals surface area contributed by atoms with Crippen molar-refractivity contribution in [2.24, 2.45) is 35.5 Å². The first-order valence-electron chi connectivity index (χ1n) is 15.7. The quantitative estimate of drug-likeness (QED) is 0.420. The molecule has 2 aromatic rings. The van der Waals surface area contributed by atoms with Crippen molar-refractivity contribution in [2.45, 2.75) is 87.9 Å². The van der Waals surface area contributed by atoms with Crippen LogP contribution in [0.25, 0.3) is 10.8 Å². The van der Waals surface area contributed by atoms with Gasteiger partial charge >= 0.3 is 0 Å². The van der Waals surface area contributed by atoms with E-state index in [0.717, 1.165) is 47.0 Å². The van der Waals surface area contributed by atoms with Crippen molar-refractivity contribution in [1.82, 2.24) is 0 Å². The number of rotatable bonds is 8. The average Bonchev–Trinajstić information content (AvgIpc) is 2.88. The van der Waals surface area contributed by atoms with E-state index in [9.17, 15) is 10.2 Å². The predicted molar refractivity (Wildman–Crippen MR) is 149 cm³/mol. The molecule has 204 valence electrons. The Balaban J connectivity index is 1.33. The molecule has 0 atom stereocenters. The van der Waals surface area contributed by atoms with Crippen LogP contribution < -0.4 is 9.47 Å². The molecule has 0 aromatic heterocycles. The van der Waals surface area contributed by atoms with Gasteiger partial charge in [-0.15, -0.1) is 0 Å². The summed E-state index contributed by atoms with van der Waals surface area (Å²) in [6.07, 6.45) is 16.3. The molecular weight excluding hydrogens is 472 g/mol. The number of fused-ring (bicyclic) bond motifs is 1. The molecule has 8 bridgehead atoms. The summed E-state index contributed by atoms with van der Waals surface area (Å²) in [6.45, 7) is 0.796. The first-order chi connectivity index (χ1) is 18.6. The monoisotopic (exact) mass is 516 g/mol. The van der Waals surface area contributed by atoms with E-state index in [1.807, 2.05) is 0 Å². The fourth-order valence-electron chi connectivity index (χ4n) is 11.7. The molecule has 8 aliphatic carbocycles. The number of ether oxygens (including phenoxy) is 2. The van der Waals surface area contributed by atoms with Gasteiger partial charge in [-0.1, -0.05) is 6.07 Å². The van der Waals surface area contributed by atoms with Crippen molar-refractivity contribution < 1.29 is 19.7 Å². The Kier molecular flexibility index (Phi) is 5.61. The van der Waals surface area contributed by atoms with Crippen molar-refractivity contribution in [3.05, 3.63) is 35.4 Å². The second kappa shape index (κ2) is 8.86. The molecule has 38 heavy (non-hydrogen) atoms. The predicted octanol–water partition coefficient (Wildman–Crippen LogP) is 6.52. The summed E-state index contributed by atoms with van der Waals surface area (Å²) in [5.74, 6) is 7.19. The third kappa shape index (κ3) is 3.69. The summed E-state index contributed by atoms with van der Waals surface area (Å²) in [6, 6.07) is 9.24. The SMILES string of the molecule is OCCOc1cc2ccc(OCCO)c(C34CC5CC(CC(C5)C3)C4)c2cc1C12CC3CC(CC(C3)C1)C2. The highest BCUT2D eigenvalue weighted by Gasteiger charge is 2.55. The molecule has 0 radical (unpaired) electrons. The van der Waals surface area contributed by atoms with Crippen LogP contribution in [-0.4, -0.2) is 36.6 Å². The maximum atomic E-state index is 9.66. The zero-order valence-corrected chi connectivity index (χ0v) is 22.8. The highest BCUT2D eigenvalue weighted by molar-refractivity contribution is 5.91. The molecule has 10 rings (SSSR count). The fraction of sp³-hybridized carbons (Fsp3) is 0.706. The zero-order valence-electron chi connectivity index (χ0n) is 22.8. The van der Waals surface area contributed by atoms with Gasteiger partial charge in [-0.05, 0) is 147 Å². The standard InChI is InChI=1S/C34H44O4/c35-3-5-37-30-2-1-27-13-31(38-6-4-36)29(33-15-21-7-22(16-33)9-23(8-21)17-33)14-28(27)32(30)34-18-24-10-25(19-34)12-26(11-24)20-34/h1-2,13-14,21-26,35-36H,3-12,15-20H2. The molecule has 8 aliphatic rings. The summed E-state index contributed by atoms with van der Waals surface area (Å²) < 4.78 is 12.7. The molecule has 0 amide bonds.